The summed E-state index contributed by atoms with van der Waals surface area (Å²) in [5, 5.41) is 12.0. The third-order valence-electron chi connectivity index (χ3n) is 12.9. The van der Waals surface area contributed by atoms with Crippen LogP contribution in [-0.4, -0.2) is 9.97 Å². The van der Waals surface area contributed by atoms with Gasteiger partial charge >= 0.3 is 0 Å². The number of hydrogen-bond acceptors (Lipinski definition) is 3. The summed E-state index contributed by atoms with van der Waals surface area (Å²) in [6.07, 6.45) is 1.84. The molecule has 3 heterocycles. The van der Waals surface area contributed by atoms with Gasteiger partial charge in [-0.25, -0.2) is 4.98 Å². The highest BCUT2D eigenvalue weighted by atomic mass is 16.3. The standard InChI is InChI=1S/C60H36N2O/c1-3-11-38(12-4-1)56-55(59(45-13-5-2-6-14-45)63-60(56)51-32-29-41-25-24-39-15-9-16-40-28-31-50(51)54(41)53(39)40)42-22-20-37(21-23-42)46-33-34-49(48-19-8-7-18-47(46)48)52-35-30-44-27-26-43-17-10-36-61-57(43)58(44)62-52/h1-36H. The minimum Gasteiger partial charge on any atom is -0.455 e. The van der Waals surface area contributed by atoms with E-state index >= 15 is 0 Å². The molecule has 3 aromatic heterocycles. The average molecular weight is 801 g/mol. The lowest BCUT2D eigenvalue weighted by atomic mass is 9.87. The Bertz CT molecular complexity index is 3870. The summed E-state index contributed by atoms with van der Waals surface area (Å²) in [5.74, 6) is 1.72. The van der Waals surface area contributed by atoms with Crippen molar-refractivity contribution in [3.8, 4) is 67.3 Å². The van der Waals surface area contributed by atoms with Crippen molar-refractivity contribution in [2.24, 2.45) is 0 Å². The Morgan fingerprint density at radius 2 is 0.841 bits per heavy atom. The van der Waals surface area contributed by atoms with Gasteiger partial charge < -0.3 is 4.42 Å². The molecule has 0 aliphatic rings. The molecule has 0 amide bonds. The summed E-state index contributed by atoms with van der Waals surface area (Å²) in [4.78, 5) is 9.94. The number of fused-ring (bicyclic) bond motifs is 4. The zero-order chi connectivity index (χ0) is 41.4. The molecule has 63 heavy (non-hydrogen) atoms. The minimum absolute atomic E-state index is 0.851. The second kappa shape index (κ2) is 14.1. The molecule has 0 unspecified atom stereocenters. The fourth-order valence-electron chi connectivity index (χ4n) is 9.97. The fraction of sp³-hybridized carbons (Fsp3) is 0. The fourth-order valence-corrected chi connectivity index (χ4v) is 9.97. The molecule has 0 bridgehead atoms. The number of hydrogen-bond donors (Lipinski definition) is 0. The third-order valence-corrected chi connectivity index (χ3v) is 12.9. The van der Waals surface area contributed by atoms with E-state index in [-0.39, 0.29) is 0 Å². The highest BCUT2D eigenvalue weighted by molar-refractivity contribution is 6.26. The Hall–Kier alpha value is -8.40. The van der Waals surface area contributed by atoms with Crippen LogP contribution >= 0.6 is 0 Å². The Labute approximate surface area is 363 Å². The van der Waals surface area contributed by atoms with Gasteiger partial charge in [-0.05, 0) is 83.5 Å². The first-order chi connectivity index (χ1) is 31.2. The van der Waals surface area contributed by atoms with E-state index in [9.17, 15) is 0 Å². The van der Waals surface area contributed by atoms with Gasteiger partial charge in [0.15, 0.2) is 0 Å². The van der Waals surface area contributed by atoms with Crippen molar-refractivity contribution in [1.29, 1.82) is 0 Å². The molecule has 0 saturated carbocycles. The predicted molar refractivity (Wildman–Crippen MR) is 263 cm³/mol. The van der Waals surface area contributed by atoms with Crippen molar-refractivity contribution in [2.45, 2.75) is 0 Å². The highest BCUT2D eigenvalue weighted by Crippen LogP contribution is 2.51. The van der Waals surface area contributed by atoms with E-state index in [2.05, 4.69) is 206 Å². The summed E-state index contributed by atoms with van der Waals surface area (Å²) in [6.45, 7) is 0. The molecule has 0 spiro atoms. The van der Waals surface area contributed by atoms with Crippen LogP contribution in [0, 0.1) is 0 Å². The van der Waals surface area contributed by atoms with Gasteiger partial charge in [-0.15, -0.1) is 0 Å². The van der Waals surface area contributed by atoms with Gasteiger partial charge in [-0.2, -0.15) is 0 Å². The van der Waals surface area contributed by atoms with E-state index in [1.165, 1.54) is 43.3 Å². The first kappa shape index (κ1) is 35.4. The van der Waals surface area contributed by atoms with Gasteiger partial charge in [0.25, 0.3) is 0 Å². The molecule has 3 heteroatoms. The average Bonchev–Trinajstić information content (AvgIpc) is 3.76. The Morgan fingerprint density at radius 1 is 0.302 bits per heavy atom. The summed E-state index contributed by atoms with van der Waals surface area (Å²) >= 11 is 0. The molecular weight excluding hydrogens is 765 g/mol. The summed E-state index contributed by atoms with van der Waals surface area (Å²) in [5.41, 5.74) is 12.6. The van der Waals surface area contributed by atoms with Crippen LogP contribution in [0.2, 0.25) is 0 Å². The molecule has 292 valence electrons. The van der Waals surface area contributed by atoms with Crippen molar-refractivity contribution in [1.82, 2.24) is 9.97 Å². The first-order valence-corrected chi connectivity index (χ1v) is 21.5. The Morgan fingerprint density at radius 3 is 1.62 bits per heavy atom. The van der Waals surface area contributed by atoms with E-state index < -0.39 is 0 Å². The van der Waals surface area contributed by atoms with Crippen molar-refractivity contribution in [3.05, 3.63) is 219 Å². The van der Waals surface area contributed by atoms with Crippen LogP contribution in [0.3, 0.4) is 0 Å². The third kappa shape index (κ3) is 5.60. The Balaban J connectivity index is 0.987. The maximum Gasteiger partial charge on any atom is 0.143 e. The predicted octanol–water partition coefficient (Wildman–Crippen LogP) is 16.4. The van der Waals surface area contributed by atoms with Crippen LogP contribution in [0.5, 0.6) is 0 Å². The lowest BCUT2D eigenvalue weighted by Crippen LogP contribution is -1.91. The normalized spacial score (nSPS) is 11.8. The lowest BCUT2D eigenvalue weighted by Gasteiger charge is -2.14. The number of nitrogens with zero attached hydrogens (tertiary/aromatic N) is 2. The second-order valence-corrected chi connectivity index (χ2v) is 16.4. The molecule has 0 saturated heterocycles. The number of benzene rings is 10. The zero-order valence-corrected chi connectivity index (χ0v) is 34.1. The van der Waals surface area contributed by atoms with Gasteiger partial charge in [-0.3, -0.25) is 4.98 Å². The van der Waals surface area contributed by atoms with Crippen molar-refractivity contribution in [3.63, 3.8) is 0 Å². The molecule has 0 aliphatic heterocycles. The summed E-state index contributed by atoms with van der Waals surface area (Å²) in [7, 11) is 0. The summed E-state index contributed by atoms with van der Waals surface area (Å²) in [6, 6.07) is 76.1. The van der Waals surface area contributed by atoms with Crippen LogP contribution < -0.4 is 0 Å². The second-order valence-electron chi connectivity index (χ2n) is 16.4. The van der Waals surface area contributed by atoms with Crippen LogP contribution in [0.15, 0.2) is 223 Å². The zero-order valence-electron chi connectivity index (χ0n) is 34.1. The highest BCUT2D eigenvalue weighted by Gasteiger charge is 2.27. The lowest BCUT2D eigenvalue weighted by molar-refractivity contribution is 0.599. The van der Waals surface area contributed by atoms with Crippen molar-refractivity contribution in [2.75, 3.05) is 0 Å². The van der Waals surface area contributed by atoms with Crippen LogP contribution in [0.4, 0.5) is 0 Å². The number of pyridine rings is 2. The maximum atomic E-state index is 7.29. The van der Waals surface area contributed by atoms with Crippen LogP contribution in [0.25, 0.3) is 132 Å². The number of aromatic nitrogens is 2. The number of rotatable bonds is 6. The molecule has 13 aromatic rings. The maximum absolute atomic E-state index is 7.29. The molecule has 0 fully saturated rings. The SMILES string of the molecule is c1ccc(-c2oc(-c3ccc4ccc5cccc6ccc3c4c56)c(-c3ccccc3)c2-c2ccc(-c3ccc(-c4ccc5ccc6cccnc6c5n4)c4ccccc34)cc2)cc1. The molecule has 10 aromatic carbocycles. The van der Waals surface area contributed by atoms with Gasteiger partial charge in [0.1, 0.15) is 11.5 Å². The van der Waals surface area contributed by atoms with E-state index in [1.54, 1.807) is 0 Å². The molecular formula is C60H36N2O. The van der Waals surface area contributed by atoms with E-state index in [1.807, 2.05) is 12.3 Å². The minimum atomic E-state index is 0.851. The first-order valence-electron chi connectivity index (χ1n) is 21.5. The monoisotopic (exact) mass is 800 g/mol. The van der Waals surface area contributed by atoms with Crippen molar-refractivity contribution >= 4 is 64.9 Å². The van der Waals surface area contributed by atoms with Gasteiger partial charge in [-0.1, -0.05) is 194 Å². The quantitative estimate of drug-likeness (QED) is 0.157. The van der Waals surface area contributed by atoms with Crippen LogP contribution in [0.1, 0.15) is 0 Å². The van der Waals surface area contributed by atoms with Gasteiger partial charge in [0.2, 0.25) is 0 Å². The molecule has 13 rings (SSSR count). The van der Waals surface area contributed by atoms with E-state index in [0.717, 1.165) is 88.9 Å². The smallest absolute Gasteiger partial charge is 0.143 e. The largest absolute Gasteiger partial charge is 0.455 e. The molecule has 0 radical (unpaired) electrons. The van der Waals surface area contributed by atoms with Gasteiger partial charge in [0, 0.05) is 44.8 Å². The summed E-state index contributed by atoms with van der Waals surface area (Å²) < 4.78 is 7.29. The van der Waals surface area contributed by atoms with Crippen molar-refractivity contribution < 1.29 is 4.42 Å². The van der Waals surface area contributed by atoms with Crippen LogP contribution in [-0.2, 0) is 0 Å². The molecule has 0 atom stereocenters. The van der Waals surface area contributed by atoms with Gasteiger partial charge in [0.05, 0.1) is 16.7 Å². The number of furan rings is 1. The molecule has 0 N–H and O–H groups in total. The Kier molecular flexibility index (Phi) is 7.91. The molecule has 3 nitrogen and oxygen atoms in total. The topological polar surface area (TPSA) is 38.9 Å². The van der Waals surface area contributed by atoms with E-state index in [4.69, 9.17) is 14.4 Å². The van der Waals surface area contributed by atoms with E-state index in [0.29, 0.717) is 0 Å². The molecule has 0 aliphatic carbocycles.